The highest BCUT2D eigenvalue weighted by atomic mass is 32.2. The predicted octanol–water partition coefficient (Wildman–Crippen LogP) is 1.37. The molecule has 4 nitrogen and oxygen atoms in total. The molecule has 0 aliphatic heterocycles. The smallest absolute Gasteiger partial charge is 0.147 e. The van der Waals surface area contributed by atoms with E-state index in [-0.39, 0.29) is 5.75 Å². The van der Waals surface area contributed by atoms with Crippen LogP contribution in [0.4, 0.5) is 0 Å². The van der Waals surface area contributed by atoms with Crippen molar-refractivity contribution in [3.8, 4) is 0 Å². The van der Waals surface area contributed by atoms with E-state index in [1.807, 2.05) is 12.1 Å². The lowest BCUT2D eigenvalue weighted by molar-refractivity contribution is 0.199. The van der Waals surface area contributed by atoms with Crippen molar-refractivity contribution in [2.45, 2.75) is 19.9 Å². The van der Waals surface area contributed by atoms with Gasteiger partial charge in [0, 0.05) is 19.3 Å². The number of sulfone groups is 1. The van der Waals surface area contributed by atoms with E-state index in [2.05, 4.69) is 36.6 Å². The number of nitrogens with one attached hydrogen (secondary N) is 1. The van der Waals surface area contributed by atoms with Gasteiger partial charge in [-0.25, -0.2) is 13.4 Å². The monoisotopic (exact) mass is 270 g/mol. The zero-order valence-corrected chi connectivity index (χ0v) is 12.1. The molecule has 5 heteroatoms. The lowest BCUT2D eigenvalue weighted by Gasteiger charge is -2.21. The molecule has 1 rings (SSSR count). The van der Waals surface area contributed by atoms with Crippen molar-refractivity contribution in [1.29, 1.82) is 0 Å². The van der Waals surface area contributed by atoms with Crippen LogP contribution in [0, 0.1) is 6.92 Å². The largest absolute Gasteiger partial charge is 0.258 e. The van der Waals surface area contributed by atoms with Gasteiger partial charge in [0.1, 0.15) is 9.84 Å². The summed E-state index contributed by atoms with van der Waals surface area (Å²) in [6, 6.07) is 8.35. The van der Waals surface area contributed by atoms with Crippen LogP contribution in [0.3, 0.4) is 0 Å². The maximum Gasteiger partial charge on any atom is 0.147 e. The van der Waals surface area contributed by atoms with Crippen molar-refractivity contribution >= 4 is 9.84 Å². The molecule has 0 radical (unpaired) electrons. The fourth-order valence-corrected chi connectivity index (χ4v) is 2.35. The average Bonchev–Trinajstić information content (AvgIpc) is 2.29. The number of hydrogen-bond acceptors (Lipinski definition) is 4. The van der Waals surface area contributed by atoms with Crippen LogP contribution in [0.1, 0.15) is 17.5 Å². The molecule has 0 aliphatic carbocycles. The number of rotatable bonds is 7. The van der Waals surface area contributed by atoms with E-state index in [9.17, 15) is 8.42 Å². The normalized spacial score (nSPS) is 12.0. The molecule has 1 aromatic rings. The molecule has 0 heterocycles. The lowest BCUT2D eigenvalue weighted by atomic mass is 10.1. The third-order valence-corrected chi connectivity index (χ3v) is 3.78. The molecule has 0 atom stereocenters. The topological polar surface area (TPSA) is 49.4 Å². The second-order valence-corrected chi connectivity index (χ2v) is 6.87. The van der Waals surface area contributed by atoms with Crippen LogP contribution in [0.5, 0.6) is 0 Å². The molecule has 1 N–H and O–H groups in total. The third-order valence-electron chi connectivity index (χ3n) is 2.75. The number of hydrogen-bond donors (Lipinski definition) is 1. The molecule has 18 heavy (non-hydrogen) atoms. The molecular weight excluding hydrogens is 248 g/mol. The average molecular weight is 270 g/mol. The first-order valence-electron chi connectivity index (χ1n) is 6.06. The molecule has 102 valence electrons. The molecule has 0 saturated heterocycles. The fourth-order valence-electron chi connectivity index (χ4n) is 1.70. The van der Waals surface area contributed by atoms with Crippen molar-refractivity contribution in [2.75, 3.05) is 25.6 Å². The van der Waals surface area contributed by atoms with Gasteiger partial charge >= 0.3 is 0 Å². The summed E-state index contributed by atoms with van der Waals surface area (Å²) < 4.78 is 22.1. The molecule has 0 spiro atoms. The Hall–Kier alpha value is -0.910. The summed E-state index contributed by atoms with van der Waals surface area (Å²) in [6.45, 7) is 3.56. The van der Waals surface area contributed by atoms with E-state index in [1.165, 1.54) is 17.4 Å². The van der Waals surface area contributed by atoms with Gasteiger partial charge in [-0.3, -0.25) is 5.43 Å². The van der Waals surface area contributed by atoms with Crippen LogP contribution in [0.15, 0.2) is 24.3 Å². The van der Waals surface area contributed by atoms with E-state index in [0.717, 1.165) is 13.1 Å². The van der Waals surface area contributed by atoms with Gasteiger partial charge in [0.05, 0.1) is 5.75 Å². The third kappa shape index (κ3) is 6.14. The molecule has 1 aromatic carbocycles. The zero-order valence-electron chi connectivity index (χ0n) is 11.3. The van der Waals surface area contributed by atoms with Crippen LogP contribution in [-0.4, -0.2) is 39.0 Å². The summed E-state index contributed by atoms with van der Waals surface area (Å²) in [5, 5.41) is 2.02. The summed E-state index contributed by atoms with van der Waals surface area (Å²) in [5.74, 6) is 0.235. The molecule has 0 amide bonds. The van der Waals surface area contributed by atoms with Gasteiger partial charge < -0.3 is 0 Å². The summed E-state index contributed by atoms with van der Waals surface area (Å²) in [5.41, 5.74) is 5.55. The van der Waals surface area contributed by atoms with Crippen molar-refractivity contribution in [1.82, 2.24) is 10.4 Å². The Morgan fingerprint density at radius 1 is 1.22 bits per heavy atom. The molecule has 0 aliphatic rings. The van der Waals surface area contributed by atoms with E-state index in [1.54, 1.807) is 0 Å². The van der Waals surface area contributed by atoms with Gasteiger partial charge in [-0.05, 0) is 26.0 Å². The van der Waals surface area contributed by atoms with E-state index in [4.69, 9.17) is 0 Å². The van der Waals surface area contributed by atoms with Gasteiger partial charge in [0.2, 0.25) is 0 Å². The Morgan fingerprint density at radius 2 is 1.83 bits per heavy atom. The van der Waals surface area contributed by atoms with Crippen LogP contribution >= 0.6 is 0 Å². The van der Waals surface area contributed by atoms with Crippen LogP contribution in [0.2, 0.25) is 0 Å². The zero-order chi connectivity index (χ0) is 13.6. The standard InChI is InChI=1S/C13H22N2O2S/c1-12-5-7-13(8-6-12)11-15(14-2)9-4-10-18(3,16)17/h5-8,14H,4,9-11H2,1-3H3. The minimum Gasteiger partial charge on any atom is -0.258 e. The number of hydrazine groups is 1. The minimum absolute atomic E-state index is 0.235. The fraction of sp³-hybridized carbons (Fsp3) is 0.538. The first kappa shape index (κ1) is 15.1. The van der Waals surface area contributed by atoms with Gasteiger partial charge in [-0.15, -0.1) is 0 Å². The summed E-state index contributed by atoms with van der Waals surface area (Å²) in [4.78, 5) is 0. The first-order valence-corrected chi connectivity index (χ1v) is 8.12. The second-order valence-electron chi connectivity index (χ2n) is 4.61. The Balaban J connectivity index is 2.44. The SMILES string of the molecule is CNN(CCCS(C)(=O)=O)Cc1ccc(C)cc1. The molecule has 0 fully saturated rings. The van der Waals surface area contributed by atoms with E-state index >= 15 is 0 Å². The molecule has 0 unspecified atom stereocenters. The highest BCUT2D eigenvalue weighted by Gasteiger charge is 2.06. The van der Waals surface area contributed by atoms with Gasteiger partial charge in [0.25, 0.3) is 0 Å². The summed E-state index contributed by atoms with van der Waals surface area (Å²) in [7, 11) is -1.01. The molecule has 0 bridgehead atoms. The predicted molar refractivity (Wildman–Crippen MR) is 75.0 cm³/mol. The molecule has 0 aromatic heterocycles. The molecule has 0 saturated carbocycles. The van der Waals surface area contributed by atoms with E-state index in [0.29, 0.717) is 6.42 Å². The van der Waals surface area contributed by atoms with Gasteiger partial charge in [0.15, 0.2) is 0 Å². The van der Waals surface area contributed by atoms with Gasteiger partial charge in [-0.1, -0.05) is 29.8 Å². The Kier molecular flexibility index (Phi) is 5.78. The highest BCUT2D eigenvalue weighted by molar-refractivity contribution is 7.90. The van der Waals surface area contributed by atoms with E-state index < -0.39 is 9.84 Å². The summed E-state index contributed by atoms with van der Waals surface area (Å²) >= 11 is 0. The van der Waals surface area contributed by atoms with Crippen molar-refractivity contribution in [3.05, 3.63) is 35.4 Å². The number of aryl methyl sites for hydroxylation is 1. The number of nitrogens with zero attached hydrogens (tertiary/aromatic N) is 1. The van der Waals surface area contributed by atoms with Crippen molar-refractivity contribution in [3.63, 3.8) is 0 Å². The maximum atomic E-state index is 11.1. The van der Waals surface area contributed by atoms with Crippen LogP contribution < -0.4 is 5.43 Å². The highest BCUT2D eigenvalue weighted by Crippen LogP contribution is 2.06. The minimum atomic E-state index is -2.86. The van der Waals surface area contributed by atoms with Gasteiger partial charge in [-0.2, -0.15) is 0 Å². The quantitative estimate of drug-likeness (QED) is 0.760. The van der Waals surface area contributed by atoms with Crippen LogP contribution in [0.25, 0.3) is 0 Å². The second kappa shape index (κ2) is 6.87. The Bertz CT molecular complexity index is 454. The number of benzene rings is 1. The Morgan fingerprint density at radius 3 is 2.33 bits per heavy atom. The van der Waals surface area contributed by atoms with Crippen molar-refractivity contribution < 1.29 is 8.42 Å². The van der Waals surface area contributed by atoms with Crippen molar-refractivity contribution in [2.24, 2.45) is 0 Å². The summed E-state index contributed by atoms with van der Waals surface area (Å²) in [6.07, 6.45) is 1.92. The lowest BCUT2D eigenvalue weighted by Crippen LogP contribution is -2.35. The Labute approximate surface area is 110 Å². The van der Waals surface area contributed by atoms with Crippen LogP contribution in [-0.2, 0) is 16.4 Å². The maximum absolute atomic E-state index is 11.1. The molecular formula is C13H22N2O2S. The first-order chi connectivity index (χ1) is 8.40.